The number of ether oxygens (including phenoxy) is 1. The van der Waals surface area contributed by atoms with Gasteiger partial charge in [0.25, 0.3) is 0 Å². The zero-order chi connectivity index (χ0) is 13.4. The van der Waals surface area contributed by atoms with Crippen LogP contribution in [0.15, 0.2) is 24.3 Å². The van der Waals surface area contributed by atoms with Gasteiger partial charge in [0.05, 0.1) is 6.10 Å². The van der Waals surface area contributed by atoms with Crippen LogP contribution in [0.25, 0.3) is 0 Å². The van der Waals surface area contributed by atoms with Crippen molar-refractivity contribution in [3.8, 4) is 5.75 Å². The lowest BCUT2D eigenvalue weighted by Gasteiger charge is -2.17. The molecule has 0 spiro atoms. The van der Waals surface area contributed by atoms with Gasteiger partial charge in [0.15, 0.2) is 0 Å². The second-order valence-electron chi connectivity index (χ2n) is 4.22. The van der Waals surface area contributed by atoms with E-state index in [1.54, 1.807) is 18.2 Å². The minimum atomic E-state index is -0.423. The molecule has 3 nitrogen and oxygen atoms in total. The summed E-state index contributed by atoms with van der Waals surface area (Å²) in [5.41, 5.74) is 5.73. The van der Waals surface area contributed by atoms with E-state index in [0.717, 1.165) is 36.8 Å². The number of benzene rings is 1. The summed E-state index contributed by atoms with van der Waals surface area (Å²) in [5.74, 6) is 0.296. The van der Waals surface area contributed by atoms with Crippen molar-refractivity contribution in [2.45, 2.75) is 38.7 Å². The van der Waals surface area contributed by atoms with Crippen LogP contribution in [0, 0.1) is 0 Å². The minimum absolute atomic E-state index is 0.201. The molecule has 1 aromatic rings. The van der Waals surface area contributed by atoms with Crippen LogP contribution in [-0.4, -0.2) is 17.3 Å². The molecule has 0 aliphatic rings. The quantitative estimate of drug-likeness (QED) is 0.590. The molecular formula is C14H20BrNO2. The van der Waals surface area contributed by atoms with Gasteiger partial charge >= 0.3 is 0 Å². The molecule has 4 heteroatoms. The van der Waals surface area contributed by atoms with E-state index in [1.165, 1.54) is 0 Å². The van der Waals surface area contributed by atoms with Crippen molar-refractivity contribution in [3.05, 3.63) is 29.8 Å². The van der Waals surface area contributed by atoms with Crippen LogP contribution in [0.3, 0.4) is 0 Å². The van der Waals surface area contributed by atoms with E-state index in [-0.39, 0.29) is 6.10 Å². The maximum atomic E-state index is 11.1. The van der Waals surface area contributed by atoms with E-state index < -0.39 is 5.91 Å². The first-order valence-corrected chi connectivity index (χ1v) is 7.42. The molecule has 0 radical (unpaired) electrons. The predicted octanol–water partition coefficient (Wildman–Crippen LogP) is 3.51. The highest BCUT2D eigenvalue weighted by molar-refractivity contribution is 9.09. The molecule has 0 aliphatic carbocycles. The van der Waals surface area contributed by atoms with Gasteiger partial charge in [-0.15, -0.1) is 0 Å². The fourth-order valence-corrected chi connectivity index (χ4v) is 2.12. The van der Waals surface area contributed by atoms with Crippen molar-refractivity contribution in [1.29, 1.82) is 0 Å². The first-order valence-electron chi connectivity index (χ1n) is 6.29. The lowest BCUT2D eigenvalue weighted by molar-refractivity contribution is 0.0999. The molecule has 1 atom stereocenters. The van der Waals surface area contributed by atoms with E-state index in [0.29, 0.717) is 5.56 Å². The van der Waals surface area contributed by atoms with Crippen molar-refractivity contribution >= 4 is 21.8 Å². The Hall–Kier alpha value is -1.03. The molecule has 1 amide bonds. The number of nitrogens with two attached hydrogens (primary N) is 1. The van der Waals surface area contributed by atoms with Crippen LogP contribution < -0.4 is 10.5 Å². The molecule has 0 saturated carbocycles. The number of alkyl halides is 1. The monoisotopic (exact) mass is 313 g/mol. The van der Waals surface area contributed by atoms with Crippen LogP contribution in [0.5, 0.6) is 5.75 Å². The Labute approximate surface area is 117 Å². The fourth-order valence-electron chi connectivity index (χ4n) is 1.73. The van der Waals surface area contributed by atoms with Crippen molar-refractivity contribution < 1.29 is 9.53 Å². The number of unbranched alkanes of at least 4 members (excludes halogenated alkanes) is 1. The van der Waals surface area contributed by atoms with Crippen LogP contribution in [0.4, 0.5) is 0 Å². The van der Waals surface area contributed by atoms with Crippen molar-refractivity contribution in [3.63, 3.8) is 0 Å². The highest BCUT2D eigenvalue weighted by Crippen LogP contribution is 2.18. The van der Waals surface area contributed by atoms with Gasteiger partial charge in [-0.3, -0.25) is 4.79 Å². The van der Waals surface area contributed by atoms with Gasteiger partial charge in [-0.1, -0.05) is 28.9 Å². The van der Waals surface area contributed by atoms with Gasteiger partial charge in [-0.05, 0) is 43.9 Å². The second-order valence-corrected chi connectivity index (χ2v) is 5.02. The number of amides is 1. The van der Waals surface area contributed by atoms with Crippen LogP contribution in [0.1, 0.15) is 43.0 Å². The van der Waals surface area contributed by atoms with Gasteiger partial charge in [0.1, 0.15) is 5.75 Å². The third-order valence-electron chi connectivity index (χ3n) is 2.79. The average Bonchev–Trinajstić information content (AvgIpc) is 2.38. The number of primary amides is 1. The molecule has 1 rings (SSSR count). The highest BCUT2D eigenvalue weighted by atomic mass is 79.9. The summed E-state index contributed by atoms with van der Waals surface area (Å²) in [6, 6.07) is 7.05. The summed E-state index contributed by atoms with van der Waals surface area (Å²) in [7, 11) is 0. The van der Waals surface area contributed by atoms with Crippen LogP contribution in [-0.2, 0) is 0 Å². The Bertz CT molecular complexity index is 382. The van der Waals surface area contributed by atoms with E-state index in [4.69, 9.17) is 10.5 Å². The van der Waals surface area contributed by atoms with E-state index in [9.17, 15) is 4.79 Å². The third-order valence-corrected chi connectivity index (χ3v) is 3.35. The zero-order valence-corrected chi connectivity index (χ0v) is 12.3. The standard InChI is InChI=1S/C14H20BrNO2/c1-2-12(7-3-4-9-15)18-13-8-5-6-11(10-13)14(16)17/h5-6,8,10,12H,2-4,7,9H2,1H3,(H2,16,17). The molecule has 1 aromatic carbocycles. The molecule has 0 fully saturated rings. The summed E-state index contributed by atoms with van der Waals surface area (Å²) in [4.78, 5) is 11.1. The van der Waals surface area contributed by atoms with Gasteiger partial charge < -0.3 is 10.5 Å². The van der Waals surface area contributed by atoms with Crippen LogP contribution >= 0.6 is 15.9 Å². The largest absolute Gasteiger partial charge is 0.490 e. The first kappa shape index (κ1) is 15.0. The van der Waals surface area contributed by atoms with E-state index in [1.807, 2.05) is 6.07 Å². The Morgan fingerprint density at radius 2 is 2.22 bits per heavy atom. The number of halogens is 1. The molecule has 0 aliphatic heterocycles. The first-order chi connectivity index (χ1) is 8.67. The normalized spacial score (nSPS) is 12.1. The van der Waals surface area contributed by atoms with Gasteiger partial charge in [0.2, 0.25) is 5.91 Å². The van der Waals surface area contributed by atoms with Gasteiger partial charge in [0, 0.05) is 10.9 Å². The molecule has 18 heavy (non-hydrogen) atoms. The van der Waals surface area contributed by atoms with E-state index >= 15 is 0 Å². The molecule has 1 unspecified atom stereocenters. The van der Waals surface area contributed by atoms with Gasteiger partial charge in [-0.25, -0.2) is 0 Å². The van der Waals surface area contributed by atoms with Crippen molar-refractivity contribution in [2.75, 3.05) is 5.33 Å². The van der Waals surface area contributed by atoms with Crippen LogP contribution in [0.2, 0.25) is 0 Å². The Morgan fingerprint density at radius 3 is 2.83 bits per heavy atom. The third kappa shape index (κ3) is 5.08. The number of hydrogen-bond donors (Lipinski definition) is 1. The SMILES string of the molecule is CCC(CCCCBr)Oc1cccc(C(N)=O)c1. The number of rotatable bonds is 8. The molecule has 0 aromatic heterocycles. The molecule has 0 bridgehead atoms. The number of hydrogen-bond acceptors (Lipinski definition) is 2. The fraction of sp³-hybridized carbons (Fsp3) is 0.500. The summed E-state index contributed by atoms with van der Waals surface area (Å²) in [6.45, 7) is 2.11. The second kappa shape index (κ2) is 8.14. The smallest absolute Gasteiger partial charge is 0.248 e. The van der Waals surface area contributed by atoms with E-state index in [2.05, 4.69) is 22.9 Å². The summed E-state index contributed by atoms with van der Waals surface area (Å²) in [5, 5.41) is 1.03. The minimum Gasteiger partial charge on any atom is -0.490 e. The summed E-state index contributed by atoms with van der Waals surface area (Å²) in [6.07, 6.45) is 4.49. The van der Waals surface area contributed by atoms with Crippen molar-refractivity contribution in [2.24, 2.45) is 5.73 Å². The lowest BCUT2D eigenvalue weighted by atomic mass is 10.1. The number of carbonyl (C=O) groups excluding carboxylic acids is 1. The Balaban J connectivity index is 2.58. The topological polar surface area (TPSA) is 52.3 Å². The van der Waals surface area contributed by atoms with Gasteiger partial charge in [-0.2, -0.15) is 0 Å². The Kier molecular flexibility index (Phi) is 6.80. The highest BCUT2D eigenvalue weighted by Gasteiger charge is 2.09. The number of carbonyl (C=O) groups is 1. The molecule has 100 valence electrons. The summed E-state index contributed by atoms with van der Waals surface area (Å²) < 4.78 is 5.88. The average molecular weight is 314 g/mol. The molecule has 2 N–H and O–H groups in total. The molecule has 0 saturated heterocycles. The Morgan fingerprint density at radius 1 is 1.44 bits per heavy atom. The zero-order valence-electron chi connectivity index (χ0n) is 10.7. The predicted molar refractivity (Wildman–Crippen MR) is 77.3 cm³/mol. The molecular weight excluding hydrogens is 294 g/mol. The maximum absolute atomic E-state index is 11.1. The lowest BCUT2D eigenvalue weighted by Crippen LogP contribution is -2.16. The van der Waals surface area contributed by atoms with Crippen molar-refractivity contribution in [1.82, 2.24) is 0 Å². The summed E-state index contributed by atoms with van der Waals surface area (Å²) >= 11 is 3.42. The molecule has 0 heterocycles. The maximum Gasteiger partial charge on any atom is 0.248 e.